The molecule has 0 atom stereocenters. The van der Waals surface area contributed by atoms with E-state index in [1.54, 1.807) is 0 Å². The van der Waals surface area contributed by atoms with Crippen LogP contribution in [-0.2, 0) is 18.6 Å². The fraction of sp³-hybridized carbons (Fsp3) is 0.962. The number of rotatable bonds is 25. The van der Waals surface area contributed by atoms with Gasteiger partial charge in [-0.25, -0.2) is 4.57 Å². The van der Waals surface area contributed by atoms with Crippen LogP contribution in [0.2, 0.25) is 0 Å². The largest absolute Gasteiger partial charge is 0.469 e. The molecule has 0 aliphatic heterocycles. The minimum Gasteiger partial charge on any atom is -0.465 e. The van der Waals surface area contributed by atoms with Crippen LogP contribution >= 0.6 is 7.82 Å². The zero-order valence-electron chi connectivity index (χ0n) is 21.6. The molecular formula is C26H53O6P. The number of hydrogen-bond donors (Lipinski definition) is 2. The first-order chi connectivity index (χ1) is 15.9. The van der Waals surface area contributed by atoms with Crippen LogP contribution < -0.4 is 0 Å². The number of carbonyl (C=O) groups excluding carboxylic acids is 1. The van der Waals surface area contributed by atoms with Crippen molar-refractivity contribution >= 4 is 13.8 Å². The topological polar surface area (TPSA) is 93.1 Å². The Morgan fingerprint density at radius 2 is 1.03 bits per heavy atom. The number of carbonyl (C=O) groups is 1. The smallest absolute Gasteiger partial charge is 0.465 e. The highest BCUT2D eigenvalue weighted by Gasteiger charge is 2.19. The predicted molar refractivity (Wildman–Crippen MR) is 136 cm³/mol. The van der Waals surface area contributed by atoms with Crippen molar-refractivity contribution in [2.45, 2.75) is 142 Å². The molecule has 0 saturated carbocycles. The van der Waals surface area contributed by atoms with E-state index in [0.29, 0.717) is 13.0 Å². The highest BCUT2D eigenvalue weighted by molar-refractivity contribution is 7.46. The molecule has 0 saturated heterocycles. The zero-order chi connectivity index (χ0) is 24.6. The van der Waals surface area contributed by atoms with Gasteiger partial charge in [-0.05, 0) is 25.7 Å². The van der Waals surface area contributed by atoms with E-state index in [-0.39, 0.29) is 18.5 Å². The van der Waals surface area contributed by atoms with Crippen LogP contribution in [0.3, 0.4) is 0 Å². The van der Waals surface area contributed by atoms with Crippen LogP contribution in [-0.4, -0.2) is 29.0 Å². The molecule has 0 bridgehead atoms. The van der Waals surface area contributed by atoms with E-state index >= 15 is 0 Å². The lowest BCUT2D eigenvalue weighted by Crippen LogP contribution is -2.18. The molecule has 33 heavy (non-hydrogen) atoms. The molecule has 0 spiro atoms. The molecule has 0 aromatic carbocycles. The van der Waals surface area contributed by atoms with E-state index in [1.807, 2.05) is 0 Å². The molecule has 0 aromatic rings. The van der Waals surface area contributed by atoms with Crippen molar-refractivity contribution in [2.75, 3.05) is 13.2 Å². The Kier molecular flexibility index (Phi) is 23.0. The van der Waals surface area contributed by atoms with Gasteiger partial charge in [-0.3, -0.25) is 9.32 Å². The van der Waals surface area contributed by atoms with Crippen molar-refractivity contribution in [2.24, 2.45) is 5.92 Å². The zero-order valence-corrected chi connectivity index (χ0v) is 22.5. The fourth-order valence-corrected chi connectivity index (χ4v) is 4.47. The van der Waals surface area contributed by atoms with Crippen molar-refractivity contribution in [1.29, 1.82) is 0 Å². The minimum absolute atomic E-state index is 0.0264. The van der Waals surface area contributed by atoms with E-state index in [2.05, 4.69) is 18.4 Å². The van der Waals surface area contributed by atoms with Crippen molar-refractivity contribution in [1.82, 2.24) is 0 Å². The molecule has 6 nitrogen and oxygen atoms in total. The summed E-state index contributed by atoms with van der Waals surface area (Å²) in [6.07, 6.45) is 22.4. The minimum atomic E-state index is -4.31. The third kappa shape index (κ3) is 24.5. The maximum Gasteiger partial charge on any atom is 0.469 e. The number of phosphoric ester groups is 1. The second-order valence-corrected chi connectivity index (χ2v) is 10.7. The summed E-state index contributed by atoms with van der Waals surface area (Å²) in [5.41, 5.74) is 0. The van der Waals surface area contributed by atoms with Crippen LogP contribution in [0.25, 0.3) is 0 Å². The van der Waals surface area contributed by atoms with Crippen LogP contribution in [0, 0.1) is 5.92 Å². The first-order valence-electron chi connectivity index (χ1n) is 13.8. The van der Waals surface area contributed by atoms with Gasteiger partial charge < -0.3 is 14.5 Å². The Morgan fingerprint density at radius 1 is 0.636 bits per heavy atom. The van der Waals surface area contributed by atoms with E-state index < -0.39 is 7.82 Å². The number of esters is 1. The van der Waals surface area contributed by atoms with Gasteiger partial charge in [0.05, 0.1) is 19.1 Å². The van der Waals surface area contributed by atoms with Crippen molar-refractivity contribution < 1.29 is 28.4 Å². The van der Waals surface area contributed by atoms with Gasteiger partial charge in [0.15, 0.2) is 0 Å². The summed E-state index contributed by atoms with van der Waals surface area (Å²) in [5, 5.41) is 0. The second kappa shape index (κ2) is 23.3. The monoisotopic (exact) mass is 492 g/mol. The van der Waals surface area contributed by atoms with Crippen molar-refractivity contribution in [3.63, 3.8) is 0 Å². The molecular weight excluding hydrogens is 439 g/mol. The summed E-state index contributed by atoms with van der Waals surface area (Å²) in [7, 11) is -4.31. The lowest BCUT2D eigenvalue weighted by molar-refractivity contribution is -0.149. The van der Waals surface area contributed by atoms with Gasteiger partial charge in [-0.15, -0.1) is 0 Å². The van der Waals surface area contributed by atoms with Crippen LogP contribution in [0.5, 0.6) is 0 Å². The highest BCUT2D eigenvalue weighted by atomic mass is 31.2. The lowest BCUT2D eigenvalue weighted by atomic mass is 9.94. The fourth-order valence-electron chi connectivity index (χ4n) is 4.11. The molecule has 198 valence electrons. The Bertz CT molecular complexity index is 465. The molecule has 0 aliphatic rings. The Labute approximate surface area is 203 Å². The average molecular weight is 493 g/mol. The van der Waals surface area contributed by atoms with E-state index in [4.69, 9.17) is 14.5 Å². The predicted octanol–water partition coefficient (Wildman–Crippen LogP) is 8.10. The Balaban J connectivity index is 3.82. The molecule has 0 aromatic heterocycles. The number of unbranched alkanes of at least 4 members (excludes halogenated alkanes) is 15. The first kappa shape index (κ1) is 32.6. The van der Waals surface area contributed by atoms with Crippen molar-refractivity contribution in [3.8, 4) is 0 Å². The van der Waals surface area contributed by atoms with Gasteiger partial charge in [0.25, 0.3) is 0 Å². The van der Waals surface area contributed by atoms with Crippen LogP contribution in [0.4, 0.5) is 0 Å². The third-order valence-electron chi connectivity index (χ3n) is 6.19. The summed E-state index contributed by atoms with van der Waals surface area (Å²) in [4.78, 5) is 29.9. The summed E-state index contributed by atoms with van der Waals surface area (Å²) < 4.78 is 20.7. The Hall–Kier alpha value is -0.420. The molecule has 2 N–H and O–H groups in total. The van der Waals surface area contributed by atoms with Gasteiger partial charge in [0, 0.05) is 0 Å². The maximum absolute atomic E-state index is 12.6. The normalized spacial score (nSPS) is 11.9. The summed E-state index contributed by atoms with van der Waals surface area (Å²) in [6, 6.07) is 0. The van der Waals surface area contributed by atoms with Gasteiger partial charge >= 0.3 is 13.8 Å². The molecule has 0 fully saturated rings. The third-order valence-corrected chi connectivity index (χ3v) is 6.71. The molecule has 7 heteroatoms. The van der Waals surface area contributed by atoms with E-state index in [0.717, 1.165) is 70.6 Å². The molecule has 0 radical (unpaired) electrons. The van der Waals surface area contributed by atoms with Gasteiger partial charge in [-0.2, -0.15) is 0 Å². The standard InChI is InChI=1S/C26H53O6P/c1-3-5-7-13-17-21-25(22-18-14-8-6-4-2)26(27)31-23-19-15-11-9-10-12-16-20-24-32-33(28,29)30/h25H,3-24H2,1-2H3,(H2,28,29,30). The summed E-state index contributed by atoms with van der Waals surface area (Å²) >= 11 is 0. The molecule has 0 heterocycles. The molecule has 0 rings (SSSR count). The first-order valence-corrected chi connectivity index (χ1v) is 15.3. The average Bonchev–Trinajstić information content (AvgIpc) is 2.77. The van der Waals surface area contributed by atoms with Crippen molar-refractivity contribution in [3.05, 3.63) is 0 Å². The summed E-state index contributed by atoms with van der Waals surface area (Å²) in [6.45, 7) is 5.12. The molecule has 0 unspecified atom stereocenters. The number of ether oxygens (including phenoxy) is 1. The van der Waals surface area contributed by atoms with E-state index in [9.17, 15) is 9.36 Å². The molecule has 0 amide bonds. The number of phosphoric acid groups is 1. The lowest BCUT2D eigenvalue weighted by Gasteiger charge is -2.16. The van der Waals surface area contributed by atoms with Gasteiger partial charge in [-0.1, -0.05) is 117 Å². The quantitative estimate of drug-likeness (QED) is 0.0760. The molecule has 0 aliphatic carbocycles. The number of hydrogen-bond acceptors (Lipinski definition) is 4. The second-order valence-electron chi connectivity index (χ2n) is 9.42. The van der Waals surface area contributed by atoms with Crippen LogP contribution in [0.1, 0.15) is 142 Å². The van der Waals surface area contributed by atoms with Crippen LogP contribution in [0.15, 0.2) is 0 Å². The van der Waals surface area contributed by atoms with Gasteiger partial charge in [0.2, 0.25) is 0 Å². The van der Waals surface area contributed by atoms with E-state index in [1.165, 1.54) is 51.4 Å². The van der Waals surface area contributed by atoms with Gasteiger partial charge in [0.1, 0.15) is 0 Å². The maximum atomic E-state index is 12.6. The SMILES string of the molecule is CCCCCCCC(CCCCCCC)C(=O)OCCCCCCCCCCOP(=O)(O)O. The summed E-state index contributed by atoms with van der Waals surface area (Å²) in [5.74, 6) is 0.112. The highest BCUT2D eigenvalue weighted by Crippen LogP contribution is 2.35. The Morgan fingerprint density at radius 3 is 1.48 bits per heavy atom.